The van der Waals surface area contributed by atoms with Gasteiger partial charge in [0.2, 0.25) is 21.8 Å². The van der Waals surface area contributed by atoms with Crippen LogP contribution in [0.4, 0.5) is 5.69 Å². The van der Waals surface area contributed by atoms with Gasteiger partial charge in [-0.05, 0) is 49.2 Å². The molecule has 3 aromatic rings. The van der Waals surface area contributed by atoms with Crippen LogP contribution in [0.1, 0.15) is 31.0 Å². The van der Waals surface area contributed by atoms with Gasteiger partial charge in [-0.15, -0.1) is 23.5 Å². The molecule has 6 rings (SSSR count). The van der Waals surface area contributed by atoms with Gasteiger partial charge in [-0.1, -0.05) is 54.1 Å². The number of β-lactam (4-membered cyclic amide) rings is 1. The number of carbonyl (C=O) groups is 3. The lowest BCUT2D eigenvalue weighted by atomic mass is 9.95. The third-order valence-electron chi connectivity index (χ3n) is 7.97. The van der Waals surface area contributed by atoms with E-state index in [1.54, 1.807) is 13.8 Å². The fourth-order valence-corrected chi connectivity index (χ4v) is 10.5. The molecule has 0 aliphatic carbocycles. The summed E-state index contributed by atoms with van der Waals surface area (Å²) in [6.07, 6.45) is 0. The number of halogens is 1. The zero-order valence-electron chi connectivity index (χ0n) is 26.9. The van der Waals surface area contributed by atoms with Gasteiger partial charge in [0.1, 0.15) is 44.9 Å². The molecule has 0 radical (unpaired) electrons. The van der Waals surface area contributed by atoms with E-state index in [0.717, 1.165) is 11.6 Å². The van der Waals surface area contributed by atoms with E-state index in [-0.39, 0.29) is 27.2 Å². The maximum Gasteiger partial charge on any atom is 0.327 e. The Hall–Kier alpha value is -3.85. The number of fused-ring (bicyclic) bond motifs is 2. The predicted octanol–water partition coefficient (Wildman–Crippen LogP) is 2.27. The van der Waals surface area contributed by atoms with Gasteiger partial charge < -0.3 is 26.2 Å². The van der Waals surface area contributed by atoms with Gasteiger partial charge in [-0.2, -0.15) is 0 Å². The second kappa shape index (κ2) is 14.6. The lowest BCUT2D eigenvalue weighted by Gasteiger charge is -2.43. The number of sulfonamides is 2. The van der Waals surface area contributed by atoms with Crippen molar-refractivity contribution in [3.05, 3.63) is 82.9 Å². The average Bonchev–Trinajstić information content (AvgIpc) is 3.30. The van der Waals surface area contributed by atoms with Gasteiger partial charge in [0, 0.05) is 10.5 Å². The first kappa shape index (κ1) is 38.4. The van der Waals surface area contributed by atoms with Gasteiger partial charge in [-0.3, -0.25) is 14.3 Å². The molecule has 20 heteroatoms. The summed E-state index contributed by atoms with van der Waals surface area (Å²) in [7, 11) is -8.11. The van der Waals surface area contributed by atoms with Crippen molar-refractivity contribution in [2.24, 2.45) is 15.9 Å². The molecule has 8 N–H and O–H groups in total. The van der Waals surface area contributed by atoms with E-state index in [2.05, 4.69) is 15.0 Å². The number of nitrogens with zero attached hydrogens (tertiary/aromatic N) is 2. The van der Waals surface area contributed by atoms with Crippen LogP contribution in [0.15, 0.2) is 81.5 Å². The molecular weight excluding hydrogens is 764 g/mol. The van der Waals surface area contributed by atoms with Crippen LogP contribution in [-0.2, 0) is 40.2 Å². The minimum atomic E-state index is -4.15. The molecular formula is C31H33ClN6O9S4. The minimum absolute atomic E-state index is 0.0606. The van der Waals surface area contributed by atoms with Crippen molar-refractivity contribution in [1.82, 2.24) is 14.9 Å². The molecule has 3 aromatic carbocycles. The number of carbonyl (C=O) groups excluding carboxylic acids is 2. The second-order valence-corrected chi connectivity index (χ2v) is 18.4. The van der Waals surface area contributed by atoms with Crippen LogP contribution in [0, 0.1) is 0 Å². The highest BCUT2D eigenvalue weighted by Crippen LogP contribution is 2.50. The van der Waals surface area contributed by atoms with Gasteiger partial charge >= 0.3 is 5.97 Å². The predicted molar refractivity (Wildman–Crippen MR) is 194 cm³/mol. The summed E-state index contributed by atoms with van der Waals surface area (Å²) in [5, 5.41) is 25.7. The third kappa shape index (κ3) is 8.29. The van der Waals surface area contributed by atoms with Crippen LogP contribution in [-0.4, -0.2) is 83.5 Å². The molecule has 0 unspecified atom stereocenters. The lowest BCUT2D eigenvalue weighted by molar-refractivity contribution is -0.161. The van der Waals surface area contributed by atoms with E-state index in [1.807, 2.05) is 30.3 Å². The second-order valence-electron chi connectivity index (χ2n) is 12.1. The van der Waals surface area contributed by atoms with Crippen molar-refractivity contribution in [3.8, 4) is 5.75 Å². The van der Waals surface area contributed by atoms with Crippen molar-refractivity contribution in [3.63, 3.8) is 0 Å². The highest BCUT2D eigenvalue weighted by molar-refractivity contribution is 8.01. The average molecular weight is 797 g/mol. The van der Waals surface area contributed by atoms with Crippen molar-refractivity contribution >= 4 is 84.5 Å². The summed E-state index contributed by atoms with van der Waals surface area (Å²) >= 11 is 8.77. The molecule has 2 amide bonds. The zero-order valence-corrected chi connectivity index (χ0v) is 30.9. The van der Waals surface area contributed by atoms with Crippen molar-refractivity contribution < 1.29 is 41.4 Å². The van der Waals surface area contributed by atoms with Gasteiger partial charge in [0.25, 0.3) is 10.0 Å². The quantitative estimate of drug-likeness (QED) is 0.171. The molecule has 2 fully saturated rings. The number of carboxylic acids is 1. The Kier molecular flexibility index (Phi) is 11.0. The number of hydrogen-bond donors (Lipinski definition) is 6. The number of amidine groups is 1. The lowest BCUT2D eigenvalue weighted by Crippen LogP contribution is -2.71. The zero-order chi connectivity index (χ0) is 37.5. The summed E-state index contributed by atoms with van der Waals surface area (Å²) in [6.45, 7) is 3.53. The number of benzene rings is 3. The monoisotopic (exact) mass is 796 g/mol. The largest absolute Gasteiger partial charge is 0.508 e. The summed E-state index contributed by atoms with van der Waals surface area (Å²) in [5.74, 6) is -0.661. The summed E-state index contributed by atoms with van der Waals surface area (Å²) in [4.78, 5) is 41.0. The first-order chi connectivity index (χ1) is 23.8. The van der Waals surface area contributed by atoms with Crippen LogP contribution < -0.4 is 20.9 Å². The third-order valence-corrected chi connectivity index (χ3v) is 13.3. The number of primary sulfonamides is 1. The number of phenols is 1. The Morgan fingerprint density at radius 2 is 1.78 bits per heavy atom. The number of amides is 2. The number of nitrogens with two attached hydrogens (primary N) is 2. The van der Waals surface area contributed by atoms with Crippen LogP contribution in [0.25, 0.3) is 0 Å². The normalized spacial score (nSPS) is 21.7. The minimum Gasteiger partial charge on any atom is -0.508 e. The number of phenolic OH excluding ortho intramolecular Hbond substituents is 1. The van der Waals surface area contributed by atoms with Crippen molar-refractivity contribution in [2.45, 2.75) is 57.6 Å². The summed E-state index contributed by atoms with van der Waals surface area (Å²) in [6, 6.07) is 15.1. The van der Waals surface area contributed by atoms with Gasteiger partial charge in [0.05, 0.1) is 16.5 Å². The van der Waals surface area contributed by atoms with E-state index in [1.165, 1.54) is 58.8 Å². The van der Waals surface area contributed by atoms with E-state index in [9.17, 15) is 41.4 Å². The summed E-state index contributed by atoms with van der Waals surface area (Å²) in [5.41, 5.74) is 7.60. The molecule has 0 saturated carbocycles. The Bertz CT molecular complexity index is 2120. The van der Waals surface area contributed by atoms with Crippen LogP contribution in [0.5, 0.6) is 5.75 Å². The van der Waals surface area contributed by atoms with E-state index >= 15 is 0 Å². The van der Waals surface area contributed by atoms with Gasteiger partial charge in [-0.25, -0.2) is 31.8 Å². The standard InChI is InChI=1S/C16H19N3O5S.C15H14ClN3O4S3/c1-16(2)11(15(23)24)19-13(22)10(14(19)25-16)18-12(21)9(17)7-3-5-8(20)6-4-7;16-11-6-12-14(7-13(11)25(17,20)21)26(22,23)19-15(18-12)9-24-8-10-4-2-1-3-5-10/h3-6,9-11,14,20H,17H2,1-2H3,(H,18,21)(H,23,24);1-7H,8-9H2,(H,18,19)(H2,17,20,21)/t9-,10-,11+,14-;/m1./s1. The van der Waals surface area contributed by atoms with Crippen LogP contribution in [0.3, 0.4) is 0 Å². The molecule has 0 bridgehead atoms. The van der Waals surface area contributed by atoms with E-state index in [4.69, 9.17) is 22.5 Å². The smallest absolute Gasteiger partial charge is 0.327 e. The van der Waals surface area contributed by atoms with Gasteiger partial charge in [0.15, 0.2) is 0 Å². The Morgan fingerprint density at radius 3 is 2.39 bits per heavy atom. The maximum absolute atomic E-state index is 12.4. The maximum atomic E-state index is 12.4. The highest BCUT2D eigenvalue weighted by Gasteiger charge is 2.64. The molecule has 2 saturated heterocycles. The van der Waals surface area contributed by atoms with Crippen molar-refractivity contribution in [1.29, 1.82) is 0 Å². The molecule has 0 spiro atoms. The molecule has 3 aliphatic heterocycles. The molecule has 51 heavy (non-hydrogen) atoms. The first-order valence-electron chi connectivity index (χ1n) is 15.0. The Morgan fingerprint density at radius 1 is 1.14 bits per heavy atom. The first-order valence-corrected chi connectivity index (χ1v) is 20.4. The number of aliphatic carboxylic acids is 1. The topological polar surface area (TPSA) is 252 Å². The number of aromatic hydroxyl groups is 1. The number of aliphatic imine (C=N–C) groups is 1. The highest BCUT2D eigenvalue weighted by atomic mass is 35.5. The molecule has 15 nitrogen and oxygen atoms in total. The number of nitrogens with one attached hydrogen (secondary N) is 2. The van der Waals surface area contributed by atoms with Crippen LogP contribution in [0.2, 0.25) is 5.02 Å². The fraction of sp³-hybridized carbons (Fsp3) is 0.290. The van der Waals surface area contributed by atoms with E-state index in [0.29, 0.717) is 17.1 Å². The number of rotatable bonds is 9. The molecule has 3 aliphatic rings. The number of carboxylic acid groups (broad SMARTS) is 1. The Labute approximate surface area is 307 Å². The molecule has 4 atom stereocenters. The molecule has 3 heterocycles. The van der Waals surface area contributed by atoms with Crippen molar-refractivity contribution in [2.75, 3.05) is 5.75 Å². The summed E-state index contributed by atoms with van der Waals surface area (Å²) < 4.78 is 49.6. The molecule has 0 aromatic heterocycles. The number of hydrogen-bond acceptors (Lipinski definition) is 12. The number of thioether (sulfide) groups is 2. The van der Waals surface area contributed by atoms with E-state index < -0.39 is 71.0 Å². The fourth-order valence-electron chi connectivity index (χ4n) is 5.55. The molecule has 272 valence electrons. The SMILES string of the molecule is CC1(C)S[C@@H]2[C@H](NC(=O)[C@H](N)c3ccc(O)cc3)C(=O)N2[C@H]1C(=O)O.NS(=O)(=O)c1cc2c(cc1Cl)N=C(CSCc1ccccc1)NS2(=O)=O. The van der Waals surface area contributed by atoms with Crippen LogP contribution >= 0.6 is 35.1 Å². The Balaban J connectivity index is 0.000000198.